The molecule has 2 amide bonds. The molecule has 8 rings (SSSR count). The van der Waals surface area contributed by atoms with Gasteiger partial charge in [-0.25, -0.2) is 22.2 Å². The summed E-state index contributed by atoms with van der Waals surface area (Å²) in [5.74, 6) is -10.5. The average Bonchev–Trinajstić information content (AvgIpc) is 3.84. The first-order chi connectivity index (χ1) is 28.5. The Labute approximate surface area is 346 Å². The molecule has 0 spiro atoms. The van der Waals surface area contributed by atoms with E-state index in [9.17, 15) is 40.0 Å². The number of hydrogen-bond acceptors (Lipinski definition) is 10. The van der Waals surface area contributed by atoms with Crippen LogP contribution in [0.1, 0.15) is 54.0 Å². The molecule has 4 N–H and O–H groups in total. The van der Waals surface area contributed by atoms with Gasteiger partial charge in [0.15, 0.2) is 22.3 Å². The molecule has 2 aliphatic rings. The summed E-state index contributed by atoms with van der Waals surface area (Å²) in [5.41, 5.74) is 3.43. The van der Waals surface area contributed by atoms with E-state index in [4.69, 9.17) is 10.7 Å². The van der Waals surface area contributed by atoms with Crippen molar-refractivity contribution in [3.05, 3.63) is 82.3 Å². The zero-order valence-electron chi connectivity index (χ0n) is 32.5. The van der Waals surface area contributed by atoms with Gasteiger partial charge in [-0.1, -0.05) is 37.3 Å². The van der Waals surface area contributed by atoms with E-state index in [0.29, 0.717) is 37.0 Å². The number of hydrogen-bond donors (Lipinski definition) is 3. The number of fused-ring (bicyclic) bond motifs is 3. The van der Waals surface area contributed by atoms with Crippen LogP contribution in [0.2, 0.25) is 0 Å². The number of thiazole rings is 1. The van der Waals surface area contributed by atoms with Gasteiger partial charge in [0.05, 0.1) is 34.1 Å². The third-order valence-electron chi connectivity index (χ3n) is 11.1. The van der Waals surface area contributed by atoms with Gasteiger partial charge in [0.25, 0.3) is 5.92 Å². The monoisotopic (exact) mass is 892 g/mol. The van der Waals surface area contributed by atoms with Crippen molar-refractivity contribution in [2.24, 2.45) is 24.6 Å². The number of amides is 2. The number of carbonyl (C=O) groups is 2. The molecule has 0 bridgehead atoms. The highest BCUT2D eigenvalue weighted by atomic mass is 32.2. The van der Waals surface area contributed by atoms with Crippen molar-refractivity contribution >= 4 is 65.4 Å². The van der Waals surface area contributed by atoms with Crippen molar-refractivity contribution in [1.29, 1.82) is 0 Å². The maximum atomic E-state index is 15.7. The normalized spacial score (nSPS) is 18.4. The Morgan fingerprint density at radius 3 is 2.36 bits per heavy atom. The third-order valence-corrected chi connectivity index (χ3v) is 12.7. The van der Waals surface area contributed by atoms with Crippen LogP contribution in [0.25, 0.3) is 32.4 Å². The summed E-state index contributed by atoms with van der Waals surface area (Å²) in [4.78, 5) is 37.2. The van der Waals surface area contributed by atoms with E-state index >= 15 is 8.78 Å². The molecule has 1 aliphatic heterocycles. The van der Waals surface area contributed by atoms with Gasteiger partial charge in [-0.2, -0.15) is 37.1 Å². The average molecular weight is 893 g/mol. The summed E-state index contributed by atoms with van der Waals surface area (Å²) < 4.78 is 132. The standard InChI is InChI=1S/C38H35F7N10O4S2/c1-16-17(2)37(41,42)32-28(16)31(38(43,44)45)50-55(32)15-27(56)47-25(10-18-8-20(39)11-21(40)9-18)29-24(12-26-35(48-29)49-36(60-26)54-13-19(14-54)33(46)57)22-6-5-7-23-30(22)53(3)51-34(23)52-61(4,58)59/h5-9,11-12,16-17,19,25H,10,13-15H2,1-4H3,(H2,46,57)(H,47,56)(H,51,52)/t16-,17+,25-/m0/s1. The molecule has 6 aromatic rings. The Hall–Kier alpha value is -5.84. The second-order valence-corrected chi connectivity index (χ2v) is 18.1. The van der Waals surface area contributed by atoms with E-state index in [2.05, 4.69) is 25.2 Å². The summed E-state index contributed by atoms with van der Waals surface area (Å²) >= 11 is 1.21. The van der Waals surface area contributed by atoms with Crippen LogP contribution in [0, 0.1) is 23.5 Å². The lowest BCUT2D eigenvalue weighted by atomic mass is 9.94. The van der Waals surface area contributed by atoms with Crippen molar-refractivity contribution in [3.63, 3.8) is 0 Å². The summed E-state index contributed by atoms with van der Waals surface area (Å²) in [7, 11) is -2.25. The zero-order chi connectivity index (χ0) is 44.1. The first kappa shape index (κ1) is 41.9. The summed E-state index contributed by atoms with van der Waals surface area (Å²) in [6, 6.07) is 7.83. The minimum Gasteiger partial charge on any atom is -0.369 e. The number of nitrogens with zero attached hydrogens (tertiary/aromatic N) is 7. The number of aromatic nitrogens is 6. The van der Waals surface area contributed by atoms with Gasteiger partial charge in [0, 0.05) is 54.2 Å². The Morgan fingerprint density at radius 1 is 1.03 bits per heavy atom. The van der Waals surface area contributed by atoms with Gasteiger partial charge in [-0.05, 0) is 42.2 Å². The van der Waals surface area contributed by atoms with Crippen molar-refractivity contribution in [2.75, 3.05) is 29.0 Å². The molecule has 0 saturated carbocycles. The molecule has 5 heterocycles. The molecule has 14 nitrogen and oxygen atoms in total. The van der Waals surface area contributed by atoms with Crippen LogP contribution in [0.4, 0.5) is 41.7 Å². The maximum absolute atomic E-state index is 15.7. The number of halogens is 7. The van der Waals surface area contributed by atoms with E-state index in [-0.39, 0.29) is 47.8 Å². The fourth-order valence-electron chi connectivity index (χ4n) is 8.02. The van der Waals surface area contributed by atoms with Gasteiger partial charge in [-0.3, -0.25) is 23.7 Å². The predicted molar refractivity (Wildman–Crippen MR) is 210 cm³/mol. The lowest BCUT2D eigenvalue weighted by Gasteiger charge is -2.36. The number of benzene rings is 2. The zero-order valence-corrected chi connectivity index (χ0v) is 34.1. The maximum Gasteiger partial charge on any atom is 0.435 e. The van der Waals surface area contributed by atoms with E-state index in [1.54, 1.807) is 36.2 Å². The molecule has 3 atom stereocenters. The highest BCUT2D eigenvalue weighted by Crippen LogP contribution is 2.55. The van der Waals surface area contributed by atoms with Crippen molar-refractivity contribution in [1.82, 2.24) is 34.8 Å². The number of alkyl halides is 5. The lowest BCUT2D eigenvalue weighted by molar-refractivity contribution is -0.143. The highest BCUT2D eigenvalue weighted by Gasteiger charge is 2.57. The topological polar surface area (TPSA) is 183 Å². The number of sulfonamides is 1. The first-order valence-electron chi connectivity index (χ1n) is 18.6. The fourth-order valence-corrected chi connectivity index (χ4v) is 9.49. The number of aryl methyl sites for hydroxylation is 1. The molecule has 0 unspecified atom stereocenters. The molecular weight excluding hydrogens is 858 g/mol. The number of primary amides is 1. The Bertz CT molecular complexity index is 2870. The van der Waals surface area contributed by atoms with Crippen molar-refractivity contribution in [3.8, 4) is 11.1 Å². The van der Waals surface area contributed by atoms with E-state index < -0.39 is 92.9 Å². The van der Waals surface area contributed by atoms with E-state index in [0.717, 1.165) is 25.3 Å². The summed E-state index contributed by atoms with van der Waals surface area (Å²) in [6.07, 6.45) is -4.55. The molecular formula is C38H35F7N10O4S2. The van der Waals surface area contributed by atoms with Crippen LogP contribution < -0.4 is 20.7 Å². The van der Waals surface area contributed by atoms with Gasteiger partial charge >= 0.3 is 6.18 Å². The number of pyridine rings is 1. The Kier molecular flexibility index (Phi) is 10.1. The first-order valence-corrected chi connectivity index (χ1v) is 21.3. The van der Waals surface area contributed by atoms with E-state index in [1.165, 1.54) is 22.9 Å². The Balaban J connectivity index is 1.29. The highest BCUT2D eigenvalue weighted by molar-refractivity contribution is 7.92. The second kappa shape index (κ2) is 14.7. The van der Waals surface area contributed by atoms with Crippen LogP contribution in [0.5, 0.6) is 0 Å². The van der Waals surface area contributed by atoms with Gasteiger partial charge in [0.1, 0.15) is 23.9 Å². The summed E-state index contributed by atoms with van der Waals surface area (Å²) in [5, 5.41) is 11.3. The molecule has 4 aromatic heterocycles. The fraction of sp³-hybridized carbons (Fsp3) is 0.368. The number of para-hydroxylation sites is 1. The SMILES string of the molecule is C[C@@H]1c2c(C(F)(F)F)nn(CC(=O)N[C@@H](Cc3cc(F)cc(F)c3)c3nc4nc(N5CC(C(N)=O)C5)sc4cc3-c3cccc4c(NS(C)(=O)=O)nn(C)c34)c2C(F)(F)[C@@H]1C. The predicted octanol–water partition coefficient (Wildman–Crippen LogP) is 5.98. The van der Waals surface area contributed by atoms with Gasteiger partial charge in [0.2, 0.25) is 21.8 Å². The minimum absolute atomic E-state index is 0.00944. The van der Waals surface area contributed by atoms with E-state index in [1.807, 2.05) is 0 Å². The lowest BCUT2D eigenvalue weighted by Crippen LogP contribution is -2.52. The number of carbonyl (C=O) groups excluding carboxylic acids is 2. The molecule has 23 heteroatoms. The minimum atomic E-state index is -5.12. The van der Waals surface area contributed by atoms with Crippen molar-refractivity contribution < 1.29 is 48.7 Å². The second-order valence-electron chi connectivity index (χ2n) is 15.4. The van der Waals surface area contributed by atoms with Gasteiger partial charge in [-0.15, -0.1) is 0 Å². The molecule has 2 aromatic carbocycles. The molecule has 1 aliphatic carbocycles. The van der Waals surface area contributed by atoms with Crippen LogP contribution in [-0.4, -0.2) is 69.1 Å². The summed E-state index contributed by atoms with van der Waals surface area (Å²) in [6.45, 7) is 1.80. The van der Waals surface area contributed by atoms with Crippen molar-refractivity contribution in [2.45, 2.75) is 50.9 Å². The largest absolute Gasteiger partial charge is 0.435 e. The quantitative estimate of drug-likeness (QED) is 0.132. The molecule has 322 valence electrons. The Morgan fingerprint density at radius 2 is 1.72 bits per heavy atom. The van der Waals surface area contributed by atoms with Crippen LogP contribution in [0.15, 0.2) is 42.5 Å². The molecule has 1 saturated heterocycles. The van der Waals surface area contributed by atoms with Crippen LogP contribution >= 0.6 is 11.3 Å². The van der Waals surface area contributed by atoms with Gasteiger partial charge < -0.3 is 16.0 Å². The smallest absolute Gasteiger partial charge is 0.369 e. The molecule has 1 fully saturated rings. The molecule has 0 radical (unpaired) electrons. The number of nitrogens with one attached hydrogen (secondary N) is 2. The van der Waals surface area contributed by atoms with Crippen LogP contribution in [0.3, 0.4) is 0 Å². The van der Waals surface area contributed by atoms with Crippen LogP contribution in [-0.2, 0) is 51.7 Å². The molecule has 61 heavy (non-hydrogen) atoms. The third kappa shape index (κ3) is 7.61. The number of anilines is 2. The number of rotatable bonds is 11. The number of nitrogens with two attached hydrogens (primary N) is 1.